The van der Waals surface area contributed by atoms with Crippen molar-refractivity contribution < 1.29 is 27.4 Å². The lowest BCUT2D eigenvalue weighted by molar-refractivity contribution is -0.274. The summed E-state index contributed by atoms with van der Waals surface area (Å²) in [5, 5.41) is 2.58. The van der Waals surface area contributed by atoms with Gasteiger partial charge in [0, 0.05) is 6.54 Å². The van der Waals surface area contributed by atoms with Gasteiger partial charge in [-0.15, -0.1) is 13.2 Å². The first-order valence-corrected chi connectivity index (χ1v) is 5.69. The molecule has 1 aliphatic heterocycles. The number of epoxide rings is 1. The Morgan fingerprint density at radius 2 is 2.11 bits per heavy atom. The third-order valence-corrected chi connectivity index (χ3v) is 2.52. The average Bonchev–Trinajstić information content (AvgIpc) is 3.13. The fourth-order valence-corrected chi connectivity index (χ4v) is 1.57. The second-order valence-corrected chi connectivity index (χ2v) is 4.02. The maximum absolute atomic E-state index is 12.2. The Morgan fingerprint density at radius 3 is 2.74 bits per heavy atom. The molecular weight excluding hydrogens is 263 g/mol. The van der Waals surface area contributed by atoms with Crippen molar-refractivity contribution in [2.24, 2.45) is 0 Å². The van der Waals surface area contributed by atoms with Crippen LogP contribution >= 0.6 is 0 Å². The predicted octanol–water partition coefficient (Wildman–Crippen LogP) is 1.64. The van der Waals surface area contributed by atoms with Crippen LogP contribution in [0.3, 0.4) is 0 Å². The lowest BCUT2D eigenvalue weighted by Gasteiger charge is -2.13. The standard InChI is InChI=1S/C12H12F3NO3/c13-12(14,15)19-9-4-2-1-3-8(9)5-6-16-11(17)10-7-18-10/h1-4,10H,5-7H2,(H,16,17). The number of para-hydroxylation sites is 1. The SMILES string of the molecule is O=C(NCCc1ccccc1OC(F)(F)F)C1CO1. The number of carbonyl (C=O) groups is 1. The maximum atomic E-state index is 12.2. The zero-order valence-corrected chi connectivity index (χ0v) is 9.87. The highest BCUT2D eigenvalue weighted by Gasteiger charge is 2.32. The van der Waals surface area contributed by atoms with Crippen molar-refractivity contribution in [1.82, 2.24) is 5.32 Å². The Bertz CT molecular complexity index is 458. The van der Waals surface area contributed by atoms with Crippen molar-refractivity contribution >= 4 is 5.91 Å². The summed E-state index contributed by atoms with van der Waals surface area (Å²) in [6, 6.07) is 5.85. The van der Waals surface area contributed by atoms with Crippen molar-refractivity contribution in [3.63, 3.8) is 0 Å². The van der Waals surface area contributed by atoms with Crippen LogP contribution in [0.2, 0.25) is 0 Å². The fourth-order valence-electron chi connectivity index (χ4n) is 1.57. The van der Waals surface area contributed by atoms with E-state index in [9.17, 15) is 18.0 Å². The Labute approximate surface area is 107 Å². The number of ether oxygens (including phenoxy) is 2. The molecule has 1 fully saturated rings. The van der Waals surface area contributed by atoms with Crippen LogP contribution in [-0.2, 0) is 16.0 Å². The maximum Gasteiger partial charge on any atom is 0.573 e. The van der Waals surface area contributed by atoms with E-state index in [1.165, 1.54) is 18.2 Å². The number of rotatable bonds is 5. The highest BCUT2D eigenvalue weighted by molar-refractivity contribution is 5.82. The van der Waals surface area contributed by atoms with Crippen LogP contribution < -0.4 is 10.1 Å². The first-order valence-electron chi connectivity index (χ1n) is 5.69. The van der Waals surface area contributed by atoms with Crippen molar-refractivity contribution in [1.29, 1.82) is 0 Å². The molecular formula is C12H12F3NO3. The molecule has 1 N–H and O–H groups in total. The van der Waals surface area contributed by atoms with Crippen LogP contribution in [0.1, 0.15) is 5.56 Å². The molecule has 104 valence electrons. The molecule has 0 aliphatic carbocycles. The van der Waals surface area contributed by atoms with Gasteiger partial charge in [-0.3, -0.25) is 4.79 Å². The van der Waals surface area contributed by atoms with Crippen molar-refractivity contribution in [2.75, 3.05) is 13.2 Å². The van der Waals surface area contributed by atoms with Gasteiger partial charge in [-0.2, -0.15) is 0 Å². The zero-order chi connectivity index (χ0) is 13.9. The van der Waals surface area contributed by atoms with Crippen molar-refractivity contribution in [3.05, 3.63) is 29.8 Å². The Balaban J connectivity index is 1.89. The smallest absolute Gasteiger partial charge is 0.406 e. The van der Waals surface area contributed by atoms with Gasteiger partial charge in [0.25, 0.3) is 5.91 Å². The predicted molar refractivity (Wildman–Crippen MR) is 59.6 cm³/mol. The summed E-state index contributed by atoms with van der Waals surface area (Å²) in [6.07, 6.45) is -4.87. The molecule has 2 rings (SSSR count). The summed E-state index contributed by atoms with van der Waals surface area (Å²) >= 11 is 0. The first-order chi connectivity index (χ1) is 8.96. The lowest BCUT2D eigenvalue weighted by Crippen LogP contribution is -2.30. The molecule has 1 unspecified atom stereocenters. The third kappa shape index (κ3) is 4.44. The molecule has 0 bridgehead atoms. The second-order valence-electron chi connectivity index (χ2n) is 4.02. The van der Waals surface area contributed by atoms with Gasteiger partial charge in [0.15, 0.2) is 6.10 Å². The normalized spacial score (nSPS) is 17.9. The van der Waals surface area contributed by atoms with Crippen LogP contribution in [0.15, 0.2) is 24.3 Å². The number of hydrogen-bond donors (Lipinski definition) is 1. The highest BCUT2D eigenvalue weighted by Crippen LogP contribution is 2.26. The van der Waals surface area contributed by atoms with Crippen molar-refractivity contribution in [2.45, 2.75) is 18.9 Å². The molecule has 0 spiro atoms. The largest absolute Gasteiger partial charge is 0.573 e. The number of hydrogen-bond acceptors (Lipinski definition) is 3. The van der Waals surface area contributed by atoms with E-state index >= 15 is 0 Å². The van der Waals surface area contributed by atoms with Gasteiger partial charge < -0.3 is 14.8 Å². The van der Waals surface area contributed by atoms with Crippen LogP contribution in [-0.4, -0.2) is 31.5 Å². The number of carbonyl (C=O) groups excluding carboxylic acids is 1. The summed E-state index contributed by atoms with van der Waals surface area (Å²) in [5.74, 6) is -0.485. The van der Waals surface area contributed by atoms with Gasteiger partial charge in [0.2, 0.25) is 0 Å². The monoisotopic (exact) mass is 275 g/mol. The second kappa shape index (κ2) is 5.48. The van der Waals surface area contributed by atoms with Crippen LogP contribution in [0, 0.1) is 0 Å². The quantitative estimate of drug-likeness (QED) is 0.831. The van der Waals surface area contributed by atoms with E-state index in [0.29, 0.717) is 12.2 Å². The van der Waals surface area contributed by atoms with E-state index in [-0.39, 0.29) is 24.6 Å². The molecule has 1 aliphatic rings. The first kappa shape index (κ1) is 13.7. The van der Waals surface area contributed by atoms with Gasteiger partial charge in [0.1, 0.15) is 5.75 Å². The van der Waals surface area contributed by atoms with E-state index < -0.39 is 12.5 Å². The van der Waals surface area contributed by atoms with Gasteiger partial charge in [0.05, 0.1) is 6.61 Å². The molecule has 1 atom stereocenters. The molecule has 1 aromatic rings. The van der Waals surface area contributed by atoms with E-state index in [1.807, 2.05) is 0 Å². The Hall–Kier alpha value is -1.76. The third-order valence-electron chi connectivity index (χ3n) is 2.52. The number of amides is 1. The highest BCUT2D eigenvalue weighted by atomic mass is 19.4. The molecule has 1 saturated heterocycles. The summed E-state index contributed by atoms with van der Waals surface area (Å²) < 4.78 is 45.2. The lowest BCUT2D eigenvalue weighted by atomic mass is 10.1. The molecule has 1 heterocycles. The average molecular weight is 275 g/mol. The minimum absolute atomic E-state index is 0.233. The Morgan fingerprint density at radius 1 is 1.42 bits per heavy atom. The zero-order valence-electron chi connectivity index (χ0n) is 9.87. The molecule has 0 saturated carbocycles. The van der Waals surface area contributed by atoms with E-state index in [1.54, 1.807) is 6.07 Å². The number of alkyl halides is 3. The molecule has 4 nitrogen and oxygen atoms in total. The van der Waals surface area contributed by atoms with E-state index in [4.69, 9.17) is 4.74 Å². The van der Waals surface area contributed by atoms with Crippen LogP contribution in [0.5, 0.6) is 5.75 Å². The minimum atomic E-state index is -4.72. The number of halogens is 3. The topological polar surface area (TPSA) is 50.9 Å². The molecule has 0 radical (unpaired) electrons. The van der Waals surface area contributed by atoms with Gasteiger partial charge in [-0.05, 0) is 18.1 Å². The summed E-state index contributed by atoms with van der Waals surface area (Å²) in [4.78, 5) is 11.3. The minimum Gasteiger partial charge on any atom is -0.406 e. The van der Waals surface area contributed by atoms with E-state index in [2.05, 4.69) is 10.1 Å². The molecule has 1 aromatic carbocycles. The van der Waals surface area contributed by atoms with Gasteiger partial charge in [-0.25, -0.2) is 0 Å². The van der Waals surface area contributed by atoms with Crippen molar-refractivity contribution in [3.8, 4) is 5.75 Å². The molecule has 0 aromatic heterocycles. The summed E-state index contributed by atoms with van der Waals surface area (Å²) in [5.41, 5.74) is 0.386. The summed E-state index contributed by atoms with van der Waals surface area (Å²) in [6.45, 7) is 0.635. The van der Waals surface area contributed by atoms with E-state index in [0.717, 1.165) is 0 Å². The Kier molecular flexibility index (Phi) is 3.94. The number of nitrogens with one attached hydrogen (secondary N) is 1. The summed E-state index contributed by atoms with van der Waals surface area (Å²) in [7, 11) is 0. The molecule has 19 heavy (non-hydrogen) atoms. The van der Waals surface area contributed by atoms with Crippen LogP contribution in [0.25, 0.3) is 0 Å². The fraction of sp³-hybridized carbons (Fsp3) is 0.417. The van der Waals surface area contributed by atoms with Crippen LogP contribution in [0.4, 0.5) is 13.2 Å². The molecule has 7 heteroatoms. The van der Waals surface area contributed by atoms with Gasteiger partial charge in [-0.1, -0.05) is 18.2 Å². The number of benzene rings is 1. The molecule has 1 amide bonds. The van der Waals surface area contributed by atoms with Gasteiger partial charge >= 0.3 is 6.36 Å².